The fraction of sp³-hybridized carbons (Fsp3) is 0.357. The van der Waals surface area contributed by atoms with Gasteiger partial charge >= 0.3 is 0 Å². The topological polar surface area (TPSA) is 54.4 Å². The van der Waals surface area contributed by atoms with Crippen LogP contribution >= 0.6 is 27.3 Å². The van der Waals surface area contributed by atoms with Gasteiger partial charge in [-0.25, -0.2) is 4.98 Å². The Labute approximate surface area is 130 Å². The predicted molar refractivity (Wildman–Crippen MR) is 84.2 cm³/mol. The lowest BCUT2D eigenvalue weighted by Gasteiger charge is -2.16. The van der Waals surface area contributed by atoms with Crippen molar-refractivity contribution >= 4 is 27.3 Å². The average Bonchev–Trinajstić information content (AvgIpc) is 2.97. The first-order chi connectivity index (χ1) is 9.65. The number of rotatable bonds is 7. The second kappa shape index (κ2) is 7.73. The number of aliphatic hydroxyl groups excluding tert-OH is 1. The van der Waals surface area contributed by atoms with Crippen LogP contribution in [0.5, 0.6) is 5.75 Å². The van der Waals surface area contributed by atoms with Gasteiger partial charge < -0.3 is 15.2 Å². The van der Waals surface area contributed by atoms with E-state index in [0.717, 1.165) is 15.2 Å². The summed E-state index contributed by atoms with van der Waals surface area (Å²) in [5.74, 6) is 0.742. The van der Waals surface area contributed by atoms with Gasteiger partial charge in [-0.05, 0) is 25.1 Å². The van der Waals surface area contributed by atoms with Crippen molar-refractivity contribution in [1.29, 1.82) is 0 Å². The largest absolute Gasteiger partial charge is 0.491 e. The zero-order valence-electron chi connectivity index (χ0n) is 11.1. The lowest BCUT2D eigenvalue weighted by molar-refractivity contribution is 0.104. The van der Waals surface area contributed by atoms with Crippen LogP contribution in [0.2, 0.25) is 0 Å². The number of nitrogens with zero attached hydrogens (tertiary/aromatic N) is 1. The Bertz CT molecular complexity index is 522. The van der Waals surface area contributed by atoms with Gasteiger partial charge in [-0.15, -0.1) is 11.3 Å². The summed E-state index contributed by atoms with van der Waals surface area (Å²) < 4.78 is 6.50. The number of ether oxygens (including phenoxy) is 1. The van der Waals surface area contributed by atoms with E-state index in [1.54, 1.807) is 17.5 Å². The maximum absolute atomic E-state index is 9.91. The third-order valence-electron chi connectivity index (χ3n) is 2.72. The van der Waals surface area contributed by atoms with Crippen LogP contribution in [-0.2, 0) is 0 Å². The molecule has 6 heteroatoms. The average molecular weight is 357 g/mol. The van der Waals surface area contributed by atoms with Crippen molar-refractivity contribution < 1.29 is 9.84 Å². The minimum Gasteiger partial charge on any atom is -0.491 e. The Balaban J connectivity index is 1.71. The molecule has 0 aliphatic carbocycles. The third kappa shape index (κ3) is 4.86. The lowest BCUT2D eigenvalue weighted by atomic mass is 10.3. The molecule has 0 amide bonds. The SMILES string of the molecule is CC(NCC(O)COc1cccc(Br)c1)c1nccs1. The summed E-state index contributed by atoms with van der Waals surface area (Å²) in [5, 5.41) is 16.1. The van der Waals surface area contributed by atoms with Crippen molar-refractivity contribution in [3.8, 4) is 5.75 Å². The van der Waals surface area contributed by atoms with Crippen LogP contribution in [0.1, 0.15) is 18.0 Å². The molecule has 2 atom stereocenters. The molecule has 0 fully saturated rings. The Morgan fingerprint density at radius 2 is 2.35 bits per heavy atom. The van der Waals surface area contributed by atoms with Crippen molar-refractivity contribution in [2.45, 2.75) is 19.1 Å². The maximum atomic E-state index is 9.91. The number of hydrogen-bond donors (Lipinski definition) is 2. The first-order valence-corrected chi connectivity index (χ1v) is 8.01. The molecule has 0 saturated carbocycles. The number of nitrogens with one attached hydrogen (secondary N) is 1. The quantitative estimate of drug-likeness (QED) is 0.800. The highest BCUT2D eigenvalue weighted by molar-refractivity contribution is 9.10. The first-order valence-electron chi connectivity index (χ1n) is 6.34. The zero-order chi connectivity index (χ0) is 14.4. The van der Waals surface area contributed by atoms with E-state index in [4.69, 9.17) is 4.74 Å². The molecule has 2 N–H and O–H groups in total. The van der Waals surface area contributed by atoms with Crippen molar-refractivity contribution in [1.82, 2.24) is 10.3 Å². The van der Waals surface area contributed by atoms with Crippen molar-refractivity contribution in [2.24, 2.45) is 0 Å². The van der Waals surface area contributed by atoms with Crippen LogP contribution in [0, 0.1) is 0 Å². The molecular formula is C14H17BrN2O2S. The van der Waals surface area contributed by atoms with Gasteiger partial charge in [0.15, 0.2) is 0 Å². The lowest BCUT2D eigenvalue weighted by Crippen LogP contribution is -2.33. The molecule has 0 saturated heterocycles. The molecule has 0 bridgehead atoms. The number of benzene rings is 1. The second-order valence-electron chi connectivity index (χ2n) is 4.42. The number of aromatic nitrogens is 1. The molecule has 20 heavy (non-hydrogen) atoms. The van der Waals surface area contributed by atoms with Gasteiger partial charge in [0.05, 0.1) is 6.04 Å². The van der Waals surface area contributed by atoms with Gasteiger partial charge in [-0.3, -0.25) is 0 Å². The van der Waals surface area contributed by atoms with Crippen molar-refractivity contribution in [2.75, 3.05) is 13.2 Å². The first kappa shape index (κ1) is 15.4. The van der Waals surface area contributed by atoms with Gasteiger partial charge in [0.2, 0.25) is 0 Å². The van der Waals surface area contributed by atoms with E-state index in [9.17, 15) is 5.11 Å². The molecular weight excluding hydrogens is 340 g/mol. The molecule has 0 aliphatic heterocycles. The fourth-order valence-electron chi connectivity index (χ4n) is 1.66. The van der Waals surface area contributed by atoms with E-state index in [1.165, 1.54) is 0 Å². The monoisotopic (exact) mass is 356 g/mol. The van der Waals surface area contributed by atoms with Gasteiger partial charge in [-0.1, -0.05) is 22.0 Å². The molecule has 4 nitrogen and oxygen atoms in total. The van der Waals surface area contributed by atoms with E-state index in [-0.39, 0.29) is 12.6 Å². The van der Waals surface area contributed by atoms with E-state index >= 15 is 0 Å². The molecule has 0 aliphatic rings. The summed E-state index contributed by atoms with van der Waals surface area (Å²) in [4.78, 5) is 4.24. The Kier molecular flexibility index (Phi) is 5.97. The van der Waals surface area contributed by atoms with Crippen LogP contribution in [0.15, 0.2) is 40.3 Å². The van der Waals surface area contributed by atoms with E-state index in [0.29, 0.717) is 6.54 Å². The van der Waals surface area contributed by atoms with Gasteiger partial charge in [0, 0.05) is 22.6 Å². The summed E-state index contributed by atoms with van der Waals surface area (Å²) in [5.41, 5.74) is 0. The van der Waals surface area contributed by atoms with Crippen LogP contribution in [0.4, 0.5) is 0 Å². The molecule has 0 radical (unpaired) electrons. The predicted octanol–water partition coefficient (Wildman–Crippen LogP) is 3.00. The van der Waals surface area contributed by atoms with Crippen LogP contribution in [-0.4, -0.2) is 29.3 Å². The Morgan fingerprint density at radius 3 is 3.05 bits per heavy atom. The van der Waals surface area contributed by atoms with Crippen LogP contribution in [0.3, 0.4) is 0 Å². The molecule has 2 unspecified atom stereocenters. The number of thiazole rings is 1. The van der Waals surface area contributed by atoms with E-state index < -0.39 is 6.10 Å². The second-order valence-corrected chi connectivity index (χ2v) is 6.26. The van der Waals surface area contributed by atoms with E-state index in [2.05, 4.69) is 26.2 Å². The molecule has 1 aromatic heterocycles. The molecule has 0 spiro atoms. The van der Waals surface area contributed by atoms with Gasteiger partial charge in [0.25, 0.3) is 0 Å². The molecule has 108 valence electrons. The summed E-state index contributed by atoms with van der Waals surface area (Å²) >= 11 is 4.98. The van der Waals surface area contributed by atoms with Gasteiger partial charge in [-0.2, -0.15) is 0 Å². The van der Waals surface area contributed by atoms with E-state index in [1.807, 2.05) is 36.6 Å². The number of halogens is 1. The molecule has 1 aromatic carbocycles. The van der Waals surface area contributed by atoms with Crippen LogP contribution < -0.4 is 10.1 Å². The third-order valence-corrected chi connectivity index (χ3v) is 4.17. The maximum Gasteiger partial charge on any atom is 0.120 e. The zero-order valence-corrected chi connectivity index (χ0v) is 13.5. The fourth-order valence-corrected chi connectivity index (χ4v) is 2.71. The summed E-state index contributed by atoms with van der Waals surface area (Å²) in [7, 11) is 0. The highest BCUT2D eigenvalue weighted by atomic mass is 79.9. The highest BCUT2D eigenvalue weighted by Gasteiger charge is 2.11. The Morgan fingerprint density at radius 1 is 1.50 bits per heavy atom. The number of hydrogen-bond acceptors (Lipinski definition) is 5. The normalized spacial score (nSPS) is 13.9. The Hall–Kier alpha value is -0.950. The van der Waals surface area contributed by atoms with Gasteiger partial charge in [0.1, 0.15) is 23.5 Å². The smallest absolute Gasteiger partial charge is 0.120 e. The summed E-state index contributed by atoms with van der Waals surface area (Å²) in [6.07, 6.45) is 1.22. The molecule has 2 rings (SSSR count). The highest BCUT2D eigenvalue weighted by Crippen LogP contribution is 2.18. The van der Waals surface area contributed by atoms with Crippen LogP contribution in [0.25, 0.3) is 0 Å². The van der Waals surface area contributed by atoms with Crippen molar-refractivity contribution in [3.05, 3.63) is 45.3 Å². The minimum atomic E-state index is -0.559. The van der Waals surface area contributed by atoms with Crippen molar-refractivity contribution in [3.63, 3.8) is 0 Å². The number of aliphatic hydroxyl groups is 1. The standard InChI is InChI=1S/C14H17BrN2O2S/c1-10(14-16-5-6-20-14)17-8-12(18)9-19-13-4-2-3-11(15)7-13/h2-7,10,12,17-18H,8-9H2,1H3. The summed E-state index contributed by atoms with van der Waals surface area (Å²) in [6.45, 7) is 2.75. The molecule has 1 heterocycles. The summed E-state index contributed by atoms with van der Waals surface area (Å²) in [6, 6.07) is 7.70. The molecule has 2 aromatic rings. The minimum absolute atomic E-state index is 0.135.